The van der Waals surface area contributed by atoms with Gasteiger partial charge in [-0.25, -0.2) is 14.6 Å². The van der Waals surface area contributed by atoms with Crippen molar-refractivity contribution in [3.8, 4) is 0 Å². The zero-order valence-electron chi connectivity index (χ0n) is 10.3. The summed E-state index contributed by atoms with van der Waals surface area (Å²) in [7, 11) is 0. The highest BCUT2D eigenvalue weighted by Crippen LogP contribution is 2.22. The molecule has 17 heavy (non-hydrogen) atoms. The fraction of sp³-hybridized carbons (Fsp3) is 0.545. The Labute approximate surface area is 105 Å². The lowest BCUT2D eigenvalue weighted by atomic mass is 10.1. The van der Waals surface area contributed by atoms with Crippen molar-refractivity contribution >= 4 is 11.3 Å². The van der Waals surface area contributed by atoms with Crippen molar-refractivity contribution in [3.05, 3.63) is 28.7 Å². The summed E-state index contributed by atoms with van der Waals surface area (Å²) in [5.41, 5.74) is -0.140. The average molecular weight is 251 g/mol. The van der Waals surface area contributed by atoms with Gasteiger partial charge in [-0.2, -0.15) is 5.10 Å². The standard InChI is InChI=1S/C11H17N5S/c1-4-16-9(13-8-15-16)7-14-11(2,3)10-12-5-6-17-10/h5-6,8,14H,4,7H2,1-3H3. The van der Waals surface area contributed by atoms with Gasteiger partial charge in [0.1, 0.15) is 17.2 Å². The van der Waals surface area contributed by atoms with Crippen molar-refractivity contribution in [1.29, 1.82) is 0 Å². The molecule has 0 saturated heterocycles. The maximum Gasteiger partial charge on any atom is 0.140 e. The van der Waals surface area contributed by atoms with E-state index in [0.29, 0.717) is 6.54 Å². The van der Waals surface area contributed by atoms with Gasteiger partial charge in [0.25, 0.3) is 0 Å². The minimum Gasteiger partial charge on any atom is -0.299 e. The lowest BCUT2D eigenvalue weighted by Gasteiger charge is -2.23. The smallest absolute Gasteiger partial charge is 0.140 e. The molecule has 92 valence electrons. The van der Waals surface area contributed by atoms with Crippen LogP contribution in [0, 0.1) is 0 Å². The van der Waals surface area contributed by atoms with Crippen LogP contribution in [0.3, 0.4) is 0 Å². The number of hydrogen-bond donors (Lipinski definition) is 1. The zero-order chi connectivity index (χ0) is 12.3. The van der Waals surface area contributed by atoms with Gasteiger partial charge in [-0.1, -0.05) is 0 Å². The van der Waals surface area contributed by atoms with E-state index in [4.69, 9.17) is 0 Å². The van der Waals surface area contributed by atoms with Crippen LogP contribution < -0.4 is 5.32 Å². The Morgan fingerprint density at radius 1 is 1.41 bits per heavy atom. The Bertz CT molecular complexity index is 460. The highest BCUT2D eigenvalue weighted by atomic mass is 32.1. The molecule has 2 aromatic heterocycles. The molecule has 6 heteroatoms. The van der Waals surface area contributed by atoms with Gasteiger partial charge in [-0.15, -0.1) is 11.3 Å². The molecule has 0 radical (unpaired) electrons. The first-order valence-electron chi connectivity index (χ1n) is 5.65. The number of aromatic nitrogens is 4. The molecule has 0 amide bonds. The van der Waals surface area contributed by atoms with Crippen LogP contribution in [0.1, 0.15) is 31.6 Å². The fourth-order valence-corrected chi connectivity index (χ4v) is 2.34. The molecule has 0 bridgehead atoms. The SMILES string of the molecule is CCn1ncnc1CNC(C)(C)c1nccs1. The van der Waals surface area contributed by atoms with Crippen molar-refractivity contribution in [3.63, 3.8) is 0 Å². The molecule has 0 aliphatic carbocycles. The van der Waals surface area contributed by atoms with Gasteiger partial charge in [0.05, 0.1) is 12.1 Å². The van der Waals surface area contributed by atoms with Crippen LogP contribution in [0.25, 0.3) is 0 Å². The Balaban J connectivity index is 2.03. The molecule has 0 saturated carbocycles. The third kappa shape index (κ3) is 2.70. The summed E-state index contributed by atoms with van der Waals surface area (Å²) in [6, 6.07) is 0. The second-order valence-electron chi connectivity index (χ2n) is 4.31. The highest BCUT2D eigenvalue weighted by Gasteiger charge is 2.23. The summed E-state index contributed by atoms with van der Waals surface area (Å²) < 4.78 is 1.89. The normalized spacial score (nSPS) is 11.9. The average Bonchev–Trinajstić information content (AvgIpc) is 2.97. The molecule has 2 rings (SSSR count). The Kier molecular flexibility index (Phi) is 3.54. The Hall–Kier alpha value is -1.27. The van der Waals surface area contributed by atoms with Crippen LogP contribution in [-0.2, 0) is 18.6 Å². The highest BCUT2D eigenvalue weighted by molar-refractivity contribution is 7.09. The van der Waals surface area contributed by atoms with E-state index >= 15 is 0 Å². The van der Waals surface area contributed by atoms with Crippen molar-refractivity contribution < 1.29 is 0 Å². The first-order chi connectivity index (χ1) is 8.13. The van der Waals surface area contributed by atoms with E-state index in [0.717, 1.165) is 17.4 Å². The molecular weight excluding hydrogens is 234 g/mol. The predicted octanol–water partition coefficient (Wildman–Crippen LogP) is 1.78. The molecule has 2 aromatic rings. The second kappa shape index (κ2) is 4.93. The van der Waals surface area contributed by atoms with Crippen molar-refractivity contribution in [2.24, 2.45) is 0 Å². The van der Waals surface area contributed by atoms with Crippen molar-refractivity contribution in [2.75, 3.05) is 0 Å². The van der Waals surface area contributed by atoms with Gasteiger partial charge in [-0.3, -0.25) is 5.32 Å². The van der Waals surface area contributed by atoms with Gasteiger partial charge in [-0.05, 0) is 20.8 Å². The van der Waals surface area contributed by atoms with Crippen molar-refractivity contribution in [1.82, 2.24) is 25.1 Å². The van der Waals surface area contributed by atoms with E-state index in [9.17, 15) is 0 Å². The number of nitrogens with one attached hydrogen (secondary N) is 1. The fourth-order valence-electron chi connectivity index (χ4n) is 1.60. The summed E-state index contributed by atoms with van der Waals surface area (Å²) in [4.78, 5) is 8.59. The van der Waals surface area contributed by atoms with Crippen LogP contribution in [-0.4, -0.2) is 19.7 Å². The van der Waals surface area contributed by atoms with Crippen LogP contribution in [0.4, 0.5) is 0 Å². The topological polar surface area (TPSA) is 55.6 Å². The van der Waals surface area contributed by atoms with Crippen LogP contribution in [0.2, 0.25) is 0 Å². The minimum atomic E-state index is -0.140. The summed E-state index contributed by atoms with van der Waals surface area (Å²) in [5.74, 6) is 0.956. The molecule has 0 aliphatic rings. The van der Waals surface area contributed by atoms with E-state index in [-0.39, 0.29) is 5.54 Å². The zero-order valence-corrected chi connectivity index (χ0v) is 11.2. The number of aryl methyl sites for hydroxylation is 1. The molecule has 0 fully saturated rings. The molecular formula is C11H17N5S. The van der Waals surface area contributed by atoms with Gasteiger partial charge in [0.2, 0.25) is 0 Å². The van der Waals surface area contributed by atoms with E-state index in [1.807, 2.05) is 16.3 Å². The van der Waals surface area contributed by atoms with Gasteiger partial charge in [0, 0.05) is 18.1 Å². The molecule has 5 nitrogen and oxygen atoms in total. The lowest BCUT2D eigenvalue weighted by molar-refractivity contribution is 0.386. The van der Waals surface area contributed by atoms with Gasteiger partial charge >= 0.3 is 0 Å². The third-order valence-electron chi connectivity index (χ3n) is 2.65. The minimum absolute atomic E-state index is 0.140. The van der Waals surface area contributed by atoms with Crippen LogP contribution in [0.15, 0.2) is 17.9 Å². The third-order valence-corrected chi connectivity index (χ3v) is 3.75. The Morgan fingerprint density at radius 3 is 2.88 bits per heavy atom. The summed E-state index contributed by atoms with van der Waals surface area (Å²) in [6.07, 6.45) is 3.43. The Morgan fingerprint density at radius 2 is 2.24 bits per heavy atom. The monoisotopic (exact) mass is 251 g/mol. The number of rotatable bonds is 5. The molecule has 2 heterocycles. The van der Waals surface area contributed by atoms with Crippen LogP contribution >= 0.6 is 11.3 Å². The number of nitrogens with zero attached hydrogens (tertiary/aromatic N) is 4. The summed E-state index contributed by atoms with van der Waals surface area (Å²) >= 11 is 1.66. The molecule has 0 aliphatic heterocycles. The predicted molar refractivity (Wildman–Crippen MR) is 67.7 cm³/mol. The maximum atomic E-state index is 4.34. The van der Waals surface area contributed by atoms with Gasteiger partial charge in [0.15, 0.2) is 0 Å². The first-order valence-corrected chi connectivity index (χ1v) is 6.53. The van der Waals surface area contributed by atoms with E-state index in [1.165, 1.54) is 0 Å². The largest absolute Gasteiger partial charge is 0.299 e. The van der Waals surface area contributed by atoms with E-state index in [2.05, 4.69) is 41.2 Å². The lowest BCUT2D eigenvalue weighted by Crippen LogP contribution is -2.36. The van der Waals surface area contributed by atoms with Gasteiger partial charge < -0.3 is 0 Å². The summed E-state index contributed by atoms with van der Waals surface area (Å²) in [6.45, 7) is 7.84. The molecule has 0 unspecified atom stereocenters. The first kappa shape index (κ1) is 12.2. The van der Waals surface area contributed by atoms with E-state index in [1.54, 1.807) is 17.7 Å². The second-order valence-corrected chi connectivity index (χ2v) is 5.20. The quantitative estimate of drug-likeness (QED) is 0.880. The van der Waals surface area contributed by atoms with Crippen molar-refractivity contribution in [2.45, 2.75) is 39.4 Å². The molecule has 1 N–H and O–H groups in total. The maximum absolute atomic E-state index is 4.34. The molecule has 0 aromatic carbocycles. The molecule has 0 atom stereocenters. The number of hydrogen-bond acceptors (Lipinski definition) is 5. The van der Waals surface area contributed by atoms with E-state index < -0.39 is 0 Å². The molecule has 0 spiro atoms. The summed E-state index contributed by atoms with van der Waals surface area (Å²) in [5, 5.41) is 10.7. The van der Waals surface area contributed by atoms with Crippen LogP contribution in [0.5, 0.6) is 0 Å². The number of thiazole rings is 1.